The zero-order chi connectivity index (χ0) is 21.8. The van der Waals surface area contributed by atoms with E-state index in [-0.39, 0.29) is 17.6 Å². The first kappa shape index (κ1) is 19.8. The summed E-state index contributed by atoms with van der Waals surface area (Å²) in [6, 6.07) is 19.9. The third-order valence-electron chi connectivity index (χ3n) is 4.45. The van der Waals surface area contributed by atoms with Crippen LogP contribution in [0.5, 0.6) is 11.5 Å². The number of non-ortho nitro benzene ring substituents is 1. The number of carbonyl (C=O) groups excluding carboxylic acids is 1. The number of amides is 1. The van der Waals surface area contributed by atoms with Crippen molar-refractivity contribution in [3.8, 4) is 11.5 Å². The molecule has 1 heterocycles. The fraction of sp³-hybridized carbons (Fsp3) is 0.0455. The molecule has 0 saturated carbocycles. The summed E-state index contributed by atoms with van der Waals surface area (Å²) in [6.07, 6.45) is 1.24. The summed E-state index contributed by atoms with van der Waals surface area (Å²) in [4.78, 5) is 39.5. The summed E-state index contributed by atoms with van der Waals surface area (Å²) < 4.78 is 6.81. The summed E-state index contributed by atoms with van der Waals surface area (Å²) in [5.74, 6) is 0.869. The highest BCUT2D eigenvalue weighted by atomic mass is 16.6. The molecule has 1 amide bonds. The van der Waals surface area contributed by atoms with E-state index < -0.39 is 16.4 Å². The lowest BCUT2D eigenvalue weighted by molar-refractivity contribution is -0.384. The molecule has 9 nitrogen and oxygen atoms in total. The van der Waals surface area contributed by atoms with E-state index in [1.807, 2.05) is 30.3 Å². The monoisotopic (exact) mass is 416 g/mol. The van der Waals surface area contributed by atoms with E-state index in [4.69, 9.17) is 4.74 Å². The number of rotatable bonds is 6. The molecule has 0 aliphatic carbocycles. The number of fused-ring (bicyclic) bond motifs is 1. The highest BCUT2D eigenvalue weighted by Gasteiger charge is 2.12. The molecule has 31 heavy (non-hydrogen) atoms. The van der Waals surface area contributed by atoms with Crippen molar-refractivity contribution in [3.63, 3.8) is 0 Å². The van der Waals surface area contributed by atoms with Crippen LogP contribution in [0.15, 0.2) is 83.9 Å². The maximum Gasteiger partial charge on any atom is 0.270 e. The number of aromatic nitrogens is 2. The number of benzene rings is 3. The van der Waals surface area contributed by atoms with E-state index in [1.54, 1.807) is 24.3 Å². The Morgan fingerprint density at radius 3 is 2.45 bits per heavy atom. The van der Waals surface area contributed by atoms with Crippen molar-refractivity contribution in [3.05, 3.63) is 99.6 Å². The Kier molecular flexibility index (Phi) is 5.39. The van der Waals surface area contributed by atoms with E-state index in [1.165, 1.54) is 18.5 Å². The number of nitrogens with zero attached hydrogens (tertiary/aromatic N) is 3. The quantitative estimate of drug-likeness (QED) is 0.378. The average Bonchev–Trinajstić information content (AvgIpc) is 2.77. The molecule has 0 radical (unpaired) electrons. The summed E-state index contributed by atoms with van der Waals surface area (Å²) in [5, 5.41) is 13.7. The van der Waals surface area contributed by atoms with Crippen LogP contribution in [0.25, 0.3) is 10.9 Å². The Balaban J connectivity index is 1.46. The topological polar surface area (TPSA) is 116 Å². The molecule has 0 fully saturated rings. The van der Waals surface area contributed by atoms with Crippen LogP contribution in [0.3, 0.4) is 0 Å². The number of hydrogen-bond acceptors (Lipinski definition) is 6. The van der Waals surface area contributed by atoms with Gasteiger partial charge in [-0.3, -0.25) is 24.3 Å². The second-order valence-corrected chi connectivity index (χ2v) is 6.62. The molecular formula is C22H16N4O5. The van der Waals surface area contributed by atoms with Crippen LogP contribution in [0.2, 0.25) is 0 Å². The maximum absolute atomic E-state index is 12.6. The molecule has 4 rings (SSSR count). The van der Waals surface area contributed by atoms with Gasteiger partial charge in [-0.15, -0.1) is 0 Å². The molecule has 3 aromatic carbocycles. The van der Waals surface area contributed by atoms with Gasteiger partial charge in [-0.25, -0.2) is 4.98 Å². The van der Waals surface area contributed by atoms with Gasteiger partial charge in [0.25, 0.3) is 11.2 Å². The zero-order valence-electron chi connectivity index (χ0n) is 16.1. The molecule has 0 aliphatic rings. The van der Waals surface area contributed by atoms with E-state index in [0.717, 1.165) is 10.6 Å². The predicted molar refractivity (Wildman–Crippen MR) is 114 cm³/mol. The first-order chi connectivity index (χ1) is 15.0. The van der Waals surface area contributed by atoms with Crippen LogP contribution in [0, 0.1) is 10.1 Å². The van der Waals surface area contributed by atoms with Gasteiger partial charge in [0.05, 0.1) is 22.2 Å². The lowest BCUT2D eigenvalue weighted by Crippen LogP contribution is -2.27. The van der Waals surface area contributed by atoms with Gasteiger partial charge in [0.15, 0.2) is 0 Å². The Hall–Kier alpha value is -4.53. The lowest BCUT2D eigenvalue weighted by atomic mass is 10.2. The molecule has 1 N–H and O–H groups in total. The molecule has 0 spiro atoms. The fourth-order valence-corrected chi connectivity index (χ4v) is 2.96. The van der Waals surface area contributed by atoms with Gasteiger partial charge in [0.2, 0.25) is 5.91 Å². The first-order valence-corrected chi connectivity index (χ1v) is 9.26. The van der Waals surface area contributed by atoms with Crippen molar-refractivity contribution >= 4 is 28.2 Å². The van der Waals surface area contributed by atoms with Crippen LogP contribution in [-0.4, -0.2) is 20.4 Å². The number of nitro groups is 1. The summed E-state index contributed by atoms with van der Waals surface area (Å²) >= 11 is 0. The summed E-state index contributed by atoms with van der Waals surface area (Å²) in [5.41, 5.74) is 0.103. The van der Waals surface area contributed by atoms with Crippen LogP contribution < -0.4 is 15.6 Å². The van der Waals surface area contributed by atoms with E-state index in [0.29, 0.717) is 22.7 Å². The molecule has 0 bridgehead atoms. The number of para-hydroxylation sites is 1. The Morgan fingerprint density at radius 2 is 1.74 bits per heavy atom. The van der Waals surface area contributed by atoms with Gasteiger partial charge in [0, 0.05) is 17.8 Å². The third kappa shape index (κ3) is 4.56. The maximum atomic E-state index is 12.6. The van der Waals surface area contributed by atoms with Gasteiger partial charge in [-0.1, -0.05) is 18.2 Å². The van der Waals surface area contributed by atoms with Gasteiger partial charge in [-0.05, 0) is 42.5 Å². The van der Waals surface area contributed by atoms with Crippen molar-refractivity contribution in [2.45, 2.75) is 6.54 Å². The third-order valence-corrected chi connectivity index (χ3v) is 4.45. The number of nitrogens with one attached hydrogen (secondary N) is 1. The SMILES string of the molecule is O=C(Cn1cnc2ccc([N+](=O)[O-])cc2c1=O)Nc1ccc(Oc2ccccc2)cc1. The van der Waals surface area contributed by atoms with Gasteiger partial charge in [-0.2, -0.15) is 0 Å². The predicted octanol–water partition coefficient (Wildman–Crippen LogP) is 3.74. The second-order valence-electron chi connectivity index (χ2n) is 6.62. The largest absolute Gasteiger partial charge is 0.457 e. The Labute approximate surface area is 175 Å². The number of anilines is 1. The minimum absolute atomic E-state index is 0.0758. The van der Waals surface area contributed by atoms with Crippen LogP contribution in [0.4, 0.5) is 11.4 Å². The molecule has 154 valence electrons. The molecule has 1 aromatic heterocycles. The first-order valence-electron chi connectivity index (χ1n) is 9.26. The lowest BCUT2D eigenvalue weighted by Gasteiger charge is -2.09. The summed E-state index contributed by atoms with van der Waals surface area (Å²) in [7, 11) is 0. The van der Waals surface area contributed by atoms with E-state index >= 15 is 0 Å². The average molecular weight is 416 g/mol. The molecule has 0 saturated heterocycles. The standard InChI is InChI=1S/C22H16N4O5/c27-21(24-15-6-9-18(10-7-15)31-17-4-2-1-3-5-17)13-25-14-23-20-11-8-16(26(29)30)12-19(20)22(25)28/h1-12,14H,13H2,(H,24,27). The minimum atomic E-state index is -0.589. The minimum Gasteiger partial charge on any atom is -0.457 e. The molecule has 0 aliphatic heterocycles. The van der Waals surface area contributed by atoms with Crippen LogP contribution in [0.1, 0.15) is 0 Å². The Morgan fingerprint density at radius 1 is 1.03 bits per heavy atom. The van der Waals surface area contributed by atoms with Crippen molar-refractivity contribution in [1.29, 1.82) is 0 Å². The van der Waals surface area contributed by atoms with Crippen molar-refractivity contribution in [2.75, 3.05) is 5.32 Å². The number of nitro benzene ring substituents is 1. The normalized spacial score (nSPS) is 10.6. The van der Waals surface area contributed by atoms with Crippen molar-refractivity contribution in [2.24, 2.45) is 0 Å². The number of ether oxygens (including phenoxy) is 1. The molecule has 4 aromatic rings. The van der Waals surface area contributed by atoms with E-state index in [9.17, 15) is 19.7 Å². The van der Waals surface area contributed by atoms with Crippen molar-refractivity contribution in [1.82, 2.24) is 9.55 Å². The van der Waals surface area contributed by atoms with Crippen LogP contribution in [-0.2, 0) is 11.3 Å². The number of carbonyl (C=O) groups is 1. The summed E-state index contributed by atoms with van der Waals surface area (Å²) in [6.45, 7) is -0.285. The van der Waals surface area contributed by atoms with Crippen molar-refractivity contribution < 1.29 is 14.5 Å². The molecule has 0 unspecified atom stereocenters. The molecular weight excluding hydrogens is 400 g/mol. The zero-order valence-corrected chi connectivity index (χ0v) is 16.1. The highest BCUT2D eigenvalue weighted by Crippen LogP contribution is 2.22. The van der Waals surface area contributed by atoms with Gasteiger partial charge >= 0.3 is 0 Å². The van der Waals surface area contributed by atoms with Gasteiger partial charge < -0.3 is 10.1 Å². The fourth-order valence-electron chi connectivity index (χ4n) is 2.96. The molecule has 9 heteroatoms. The van der Waals surface area contributed by atoms with Crippen LogP contribution >= 0.6 is 0 Å². The highest BCUT2D eigenvalue weighted by molar-refractivity contribution is 5.90. The molecule has 0 atom stereocenters. The second kappa shape index (κ2) is 8.46. The smallest absolute Gasteiger partial charge is 0.270 e. The van der Waals surface area contributed by atoms with Gasteiger partial charge in [0.1, 0.15) is 18.0 Å². The number of hydrogen-bond donors (Lipinski definition) is 1. The Bertz CT molecular complexity index is 1320. The van der Waals surface area contributed by atoms with E-state index in [2.05, 4.69) is 10.3 Å².